The van der Waals surface area contributed by atoms with Gasteiger partial charge in [-0.15, -0.1) is 0 Å². The number of esters is 1. The van der Waals surface area contributed by atoms with E-state index >= 15 is 0 Å². The minimum atomic E-state index is -0.802. The van der Waals surface area contributed by atoms with E-state index < -0.39 is 18.1 Å². The number of nitrogens with two attached hydrogens (primary N) is 1. The minimum absolute atomic E-state index is 0.147. The maximum Gasteiger partial charge on any atom is 0.322 e. The molecule has 2 atom stereocenters. The number of ether oxygens (including phenoxy) is 1. The SMILES string of the molecule is COC(=O)C(N)CC(O)c1ccc(Br)cc1. The van der Waals surface area contributed by atoms with Crippen molar-refractivity contribution in [1.29, 1.82) is 0 Å². The van der Waals surface area contributed by atoms with Crippen molar-refractivity contribution < 1.29 is 14.6 Å². The number of carbonyl (C=O) groups excluding carboxylic acids is 1. The summed E-state index contributed by atoms with van der Waals surface area (Å²) in [7, 11) is 1.27. The fourth-order valence-electron chi connectivity index (χ4n) is 1.31. The number of methoxy groups -OCH3 is 1. The van der Waals surface area contributed by atoms with Gasteiger partial charge in [0.15, 0.2) is 0 Å². The zero-order chi connectivity index (χ0) is 12.1. The Kier molecular flexibility index (Phi) is 4.92. The summed E-state index contributed by atoms with van der Waals surface area (Å²) in [6.45, 7) is 0. The Labute approximate surface area is 103 Å². The topological polar surface area (TPSA) is 72.5 Å². The van der Waals surface area contributed by atoms with Crippen LogP contribution in [-0.2, 0) is 9.53 Å². The number of hydrogen-bond acceptors (Lipinski definition) is 4. The molecular weight excluding hydrogens is 274 g/mol. The predicted molar refractivity (Wildman–Crippen MR) is 63.7 cm³/mol. The summed E-state index contributed by atoms with van der Waals surface area (Å²) in [6, 6.07) is 6.39. The van der Waals surface area contributed by atoms with Gasteiger partial charge in [0.1, 0.15) is 6.04 Å². The van der Waals surface area contributed by atoms with Gasteiger partial charge in [0, 0.05) is 10.9 Å². The van der Waals surface area contributed by atoms with Crippen LogP contribution in [0.25, 0.3) is 0 Å². The highest BCUT2D eigenvalue weighted by Gasteiger charge is 2.19. The molecule has 0 aliphatic carbocycles. The van der Waals surface area contributed by atoms with E-state index in [4.69, 9.17) is 5.73 Å². The third-order valence-electron chi connectivity index (χ3n) is 2.24. The van der Waals surface area contributed by atoms with Gasteiger partial charge in [-0.25, -0.2) is 0 Å². The highest BCUT2D eigenvalue weighted by atomic mass is 79.9. The molecule has 0 fully saturated rings. The molecule has 0 aromatic heterocycles. The second kappa shape index (κ2) is 5.98. The van der Waals surface area contributed by atoms with E-state index in [2.05, 4.69) is 20.7 Å². The second-order valence-electron chi connectivity index (χ2n) is 3.43. The first-order valence-electron chi connectivity index (χ1n) is 4.81. The molecule has 0 heterocycles. The number of carbonyl (C=O) groups is 1. The molecule has 0 saturated heterocycles. The lowest BCUT2D eigenvalue weighted by Crippen LogP contribution is -2.33. The van der Waals surface area contributed by atoms with Crippen molar-refractivity contribution in [2.24, 2.45) is 5.73 Å². The van der Waals surface area contributed by atoms with Crippen molar-refractivity contribution in [3.05, 3.63) is 34.3 Å². The lowest BCUT2D eigenvalue weighted by molar-refractivity contribution is -0.142. The van der Waals surface area contributed by atoms with E-state index in [9.17, 15) is 9.90 Å². The van der Waals surface area contributed by atoms with Crippen molar-refractivity contribution in [3.63, 3.8) is 0 Å². The van der Waals surface area contributed by atoms with E-state index in [0.29, 0.717) is 0 Å². The molecule has 1 rings (SSSR count). The molecule has 88 valence electrons. The average molecular weight is 288 g/mol. The van der Waals surface area contributed by atoms with Gasteiger partial charge in [-0.3, -0.25) is 4.79 Å². The molecule has 0 aliphatic rings. The summed E-state index contributed by atoms with van der Waals surface area (Å²) in [4.78, 5) is 11.1. The average Bonchev–Trinajstić information content (AvgIpc) is 2.28. The Bertz CT molecular complexity index is 353. The summed E-state index contributed by atoms with van der Waals surface area (Å²) in [5.74, 6) is -0.517. The number of aliphatic hydroxyl groups excluding tert-OH is 1. The third-order valence-corrected chi connectivity index (χ3v) is 2.76. The Morgan fingerprint density at radius 1 is 1.50 bits per heavy atom. The van der Waals surface area contributed by atoms with Crippen LogP contribution in [0.2, 0.25) is 0 Å². The zero-order valence-electron chi connectivity index (χ0n) is 8.89. The van der Waals surface area contributed by atoms with E-state index in [-0.39, 0.29) is 6.42 Å². The van der Waals surface area contributed by atoms with E-state index in [0.717, 1.165) is 10.0 Å². The Morgan fingerprint density at radius 3 is 2.56 bits per heavy atom. The van der Waals surface area contributed by atoms with Crippen LogP contribution in [-0.4, -0.2) is 24.2 Å². The summed E-state index contributed by atoms with van der Waals surface area (Å²) < 4.78 is 5.42. The lowest BCUT2D eigenvalue weighted by Gasteiger charge is -2.15. The fourth-order valence-corrected chi connectivity index (χ4v) is 1.57. The van der Waals surface area contributed by atoms with Gasteiger partial charge in [0.25, 0.3) is 0 Å². The lowest BCUT2D eigenvalue weighted by atomic mass is 10.0. The molecule has 0 spiro atoms. The monoisotopic (exact) mass is 287 g/mol. The first-order valence-corrected chi connectivity index (χ1v) is 5.61. The van der Waals surface area contributed by atoms with Crippen molar-refractivity contribution in [2.75, 3.05) is 7.11 Å². The minimum Gasteiger partial charge on any atom is -0.468 e. The van der Waals surface area contributed by atoms with Gasteiger partial charge >= 0.3 is 5.97 Å². The predicted octanol–water partition coefficient (Wildman–Crippen LogP) is 1.37. The van der Waals surface area contributed by atoms with E-state index in [1.165, 1.54) is 7.11 Å². The van der Waals surface area contributed by atoms with Crippen LogP contribution in [0.3, 0.4) is 0 Å². The highest BCUT2D eigenvalue weighted by molar-refractivity contribution is 9.10. The zero-order valence-corrected chi connectivity index (χ0v) is 10.5. The van der Waals surface area contributed by atoms with Gasteiger partial charge < -0.3 is 15.6 Å². The van der Waals surface area contributed by atoms with Crippen molar-refractivity contribution in [3.8, 4) is 0 Å². The first kappa shape index (κ1) is 13.2. The molecule has 0 aliphatic heterocycles. The molecule has 0 amide bonds. The van der Waals surface area contributed by atoms with Crippen LogP contribution in [0, 0.1) is 0 Å². The molecule has 0 bridgehead atoms. The second-order valence-corrected chi connectivity index (χ2v) is 4.35. The van der Waals surface area contributed by atoms with Crippen molar-refractivity contribution >= 4 is 21.9 Å². The Hall–Kier alpha value is -0.910. The molecule has 1 aromatic carbocycles. The Balaban J connectivity index is 2.61. The highest BCUT2D eigenvalue weighted by Crippen LogP contribution is 2.20. The Morgan fingerprint density at radius 2 is 2.06 bits per heavy atom. The summed E-state index contributed by atoms with van der Waals surface area (Å²) in [6.07, 6.45) is -0.615. The maximum absolute atomic E-state index is 11.1. The van der Waals surface area contributed by atoms with Gasteiger partial charge in [0.05, 0.1) is 13.2 Å². The molecule has 16 heavy (non-hydrogen) atoms. The molecule has 3 N–H and O–H groups in total. The third kappa shape index (κ3) is 3.59. The molecule has 5 heteroatoms. The molecule has 1 aromatic rings. The van der Waals surface area contributed by atoms with Crippen LogP contribution in [0.15, 0.2) is 28.7 Å². The van der Waals surface area contributed by atoms with Crippen molar-refractivity contribution in [1.82, 2.24) is 0 Å². The number of hydrogen-bond donors (Lipinski definition) is 2. The number of rotatable bonds is 4. The fraction of sp³-hybridized carbons (Fsp3) is 0.364. The van der Waals surface area contributed by atoms with Crippen LogP contribution >= 0.6 is 15.9 Å². The standard InChI is InChI=1S/C11H14BrNO3/c1-16-11(15)9(13)6-10(14)7-2-4-8(12)5-3-7/h2-5,9-10,14H,6,13H2,1H3. The van der Waals surface area contributed by atoms with Crippen LogP contribution in [0.1, 0.15) is 18.1 Å². The van der Waals surface area contributed by atoms with Gasteiger partial charge in [-0.2, -0.15) is 0 Å². The molecule has 0 saturated carbocycles. The smallest absolute Gasteiger partial charge is 0.322 e. The van der Waals surface area contributed by atoms with E-state index in [1.54, 1.807) is 12.1 Å². The summed E-state index contributed by atoms with van der Waals surface area (Å²) in [5.41, 5.74) is 6.28. The molecule has 0 radical (unpaired) electrons. The number of benzene rings is 1. The van der Waals surface area contributed by atoms with E-state index in [1.807, 2.05) is 12.1 Å². The van der Waals surface area contributed by atoms with Gasteiger partial charge in [0.2, 0.25) is 0 Å². The molecule has 4 nitrogen and oxygen atoms in total. The molecule has 2 unspecified atom stereocenters. The van der Waals surface area contributed by atoms with Crippen molar-refractivity contribution in [2.45, 2.75) is 18.6 Å². The summed E-state index contributed by atoms with van der Waals surface area (Å²) >= 11 is 3.30. The van der Waals surface area contributed by atoms with Crippen LogP contribution in [0.5, 0.6) is 0 Å². The quantitative estimate of drug-likeness (QED) is 0.821. The normalized spacial score (nSPS) is 14.2. The first-order chi connectivity index (χ1) is 7.54. The number of aliphatic hydroxyl groups is 1. The maximum atomic E-state index is 11.1. The largest absolute Gasteiger partial charge is 0.468 e. The van der Waals surface area contributed by atoms with Crippen LogP contribution in [0.4, 0.5) is 0 Å². The molecular formula is C11H14BrNO3. The van der Waals surface area contributed by atoms with Gasteiger partial charge in [-0.05, 0) is 17.7 Å². The van der Waals surface area contributed by atoms with Gasteiger partial charge in [-0.1, -0.05) is 28.1 Å². The summed E-state index contributed by atoms with van der Waals surface area (Å²) in [5, 5.41) is 9.82. The van der Waals surface area contributed by atoms with Crippen LogP contribution < -0.4 is 5.73 Å². The number of halogens is 1.